The number of nitrogens with two attached hydrogens (primary N) is 1. The largest absolute Gasteiger partial charge is 0.449 e. The zero-order chi connectivity index (χ0) is 17.7. The second-order valence-corrected chi connectivity index (χ2v) is 5.37. The lowest BCUT2D eigenvalue weighted by Gasteiger charge is -2.16. The van der Waals surface area contributed by atoms with Gasteiger partial charge in [0, 0.05) is 11.4 Å². The molecule has 2 aromatic rings. The molecule has 0 radical (unpaired) electrons. The number of carbonyl (C=O) groups is 2. The third-order valence-corrected chi connectivity index (χ3v) is 3.54. The van der Waals surface area contributed by atoms with Gasteiger partial charge in [0.2, 0.25) is 0 Å². The Kier molecular flexibility index (Phi) is 5.52. The first-order chi connectivity index (χ1) is 11.4. The number of hydrogen-bond donors (Lipinski definition) is 2. The standard InChI is InChI=1S/C18H19FN2O3/c1-3-16(17(22)21-14-8-6-13(19)7-9-14)24-18(23)12-5-4-11(2)15(20)10-12/h4-10,16H,3,20H2,1-2H3,(H,21,22)/t16-/m0/s1. The van der Waals surface area contributed by atoms with Crippen molar-refractivity contribution in [1.29, 1.82) is 0 Å². The van der Waals surface area contributed by atoms with Crippen molar-refractivity contribution < 1.29 is 18.7 Å². The van der Waals surface area contributed by atoms with Crippen LogP contribution in [-0.4, -0.2) is 18.0 Å². The summed E-state index contributed by atoms with van der Waals surface area (Å²) in [5.41, 5.74) is 7.82. The van der Waals surface area contributed by atoms with E-state index in [1.54, 1.807) is 19.1 Å². The summed E-state index contributed by atoms with van der Waals surface area (Å²) in [5.74, 6) is -1.50. The van der Waals surface area contributed by atoms with E-state index in [9.17, 15) is 14.0 Å². The zero-order valence-corrected chi connectivity index (χ0v) is 13.5. The van der Waals surface area contributed by atoms with E-state index >= 15 is 0 Å². The molecule has 3 N–H and O–H groups in total. The van der Waals surface area contributed by atoms with Crippen LogP contribution in [0.5, 0.6) is 0 Å². The predicted octanol–water partition coefficient (Wildman–Crippen LogP) is 3.29. The fourth-order valence-corrected chi connectivity index (χ4v) is 2.04. The molecule has 0 aliphatic heterocycles. The molecule has 0 fully saturated rings. The van der Waals surface area contributed by atoms with Crippen LogP contribution in [0.25, 0.3) is 0 Å². The normalized spacial score (nSPS) is 11.6. The second kappa shape index (κ2) is 7.59. The van der Waals surface area contributed by atoms with E-state index in [2.05, 4.69) is 5.32 Å². The van der Waals surface area contributed by atoms with Crippen molar-refractivity contribution in [3.63, 3.8) is 0 Å². The van der Waals surface area contributed by atoms with E-state index in [-0.39, 0.29) is 5.56 Å². The van der Waals surface area contributed by atoms with E-state index in [0.717, 1.165) is 5.56 Å². The number of rotatable bonds is 5. The third kappa shape index (κ3) is 4.32. The van der Waals surface area contributed by atoms with Crippen LogP contribution >= 0.6 is 0 Å². The van der Waals surface area contributed by atoms with Gasteiger partial charge in [-0.05, 0) is 55.3 Å². The fraction of sp³-hybridized carbons (Fsp3) is 0.222. The number of amides is 1. The highest BCUT2D eigenvalue weighted by molar-refractivity contribution is 5.97. The fourth-order valence-electron chi connectivity index (χ4n) is 2.04. The van der Waals surface area contributed by atoms with Gasteiger partial charge in [0.15, 0.2) is 6.10 Å². The summed E-state index contributed by atoms with van der Waals surface area (Å²) >= 11 is 0. The van der Waals surface area contributed by atoms with E-state index in [1.807, 2.05) is 6.92 Å². The quantitative estimate of drug-likeness (QED) is 0.651. The van der Waals surface area contributed by atoms with Crippen molar-refractivity contribution in [2.24, 2.45) is 0 Å². The molecule has 2 rings (SSSR count). The minimum Gasteiger partial charge on any atom is -0.449 e. The van der Waals surface area contributed by atoms with Crippen LogP contribution in [0.3, 0.4) is 0 Å². The molecule has 0 bridgehead atoms. The van der Waals surface area contributed by atoms with Crippen molar-refractivity contribution in [2.45, 2.75) is 26.4 Å². The number of benzene rings is 2. The van der Waals surface area contributed by atoms with Gasteiger partial charge in [-0.3, -0.25) is 4.79 Å². The number of aryl methyl sites for hydroxylation is 1. The number of anilines is 2. The maximum Gasteiger partial charge on any atom is 0.338 e. The Balaban J connectivity index is 2.04. The van der Waals surface area contributed by atoms with Crippen LogP contribution in [0.2, 0.25) is 0 Å². The van der Waals surface area contributed by atoms with Gasteiger partial charge in [0.1, 0.15) is 5.82 Å². The molecule has 24 heavy (non-hydrogen) atoms. The summed E-state index contributed by atoms with van der Waals surface area (Å²) in [6.45, 7) is 3.56. The van der Waals surface area contributed by atoms with Crippen LogP contribution in [0.1, 0.15) is 29.3 Å². The van der Waals surface area contributed by atoms with Gasteiger partial charge in [0.25, 0.3) is 5.91 Å². The molecule has 6 heteroatoms. The molecule has 0 aromatic heterocycles. The Labute approximate surface area is 139 Å². The maximum absolute atomic E-state index is 12.9. The van der Waals surface area contributed by atoms with Crippen molar-refractivity contribution in [3.8, 4) is 0 Å². The molecule has 126 valence electrons. The summed E-state index contributed by atoms with van der Waals surface area (Å²) in [6, 6.07) is 10.2. The molecule has 0 spiro atoms. The van der Waals surface area contributed by atoms with Gasteiger partial charge in [-0.1, -0.05) is 13.0 Å². The topological polar surface area (TPSA) is 81.4 Å². The minimum atomic E-state index is -0.954. The molecule has 0 aliphatic carbocycles. The summed E-state index contributed by atoms with van der Waals surface area (Å²) in [6.07, 6.45) is -0.648. The van der Waals surface area contributed by atoms with Crippen LogP contribution < -0.4 is 11.1 Å². The molecule has 0 saturated heterocycles. The van der Waals surface area contributed by atoms with E-state index in [1.165, 1.54) is 30.3 Å². The number of carbonyl (C=O) groups excluding carboxylic acids is 2. The predicted molar refractivity (Wildman–Crippen MR) is 90.1 cm³/mol. The lowest BCUT2D eigenvalue weighted by Crippen LogP contribution is -2.32. The van der Waals surface area contributed by atoms with Gasteiger partial charge in [-0.2, -0.15) is 0 Å². The second-order valence-electron chi connectivity index (χ2n) is 5.37. The summed E-state index contributed by atoms with van der Waals surface area (Å²) < 4.78 is 18.1. The number of hydrogen-bond acceptors (Lipinski definition) is 4. The molecular formula is C18H19FN2O3. The SMILES string of the molecule is CC[C@H](OC(=O)c1ccc(C)c(N)c1)C(=O)Nc1ccc(F)cc1. The first-order valence-corrected chi connectivity index (χ1v) is 7.54. The van der Waals surface area contributed by atoms with E-state index in [4.69, 9.17) is 10.5 Å². The lowest BCUT2D eigenvalue weighted by molar-refractivity contribution is -0.124. The number of nitrogens with one attached hydrogen (secondary N) is 1. The highest BCUT2D eigenvalue weighted by Crippen LogP contribution is 2.16. The summed E-state index contributed by atoms with van der Waals surface area (Å²) in [4.78, 5) is 24.4. The van der Waals surface area contributed by atoms with Gasteiger partial charge >= 0.3 is 5.97 Å². The smallest absolute Gasteiger partial charge is 0.338 e. The average Bonchev–Trinajstić information content (AvgIpc) is 2.56. The van der Waals surface area contributed by atoms with Crippen molar-refractivity contribution in [1.82, 2.24) is 0 Å². The molecule has 5 nitrogen and oxygen atoms in total. The first-order valence-electron chi connectivity index (χ1n) is 7.54. The van der Waals surface area contributed by atoms with Crippen molar-refractivity contribution in [2.75, 3.05) is 11.1 Å². The number of nitrogen functional groups attached to an aromatic ring is 1. The third-order valence-electron chi connectivity index (χ3n) is 3.54. The number of halogens is 1. The van der Waals surface area contributed by atoms with Crippen LogP contribution in [0, 0.1) is 12.7 Å². The van der Waals surface area contributed by atoms with E-state index < -0.39 is 23.8 Å². The van der Waals surface area contributed by atoms with Crippen molar-refractivity contribution in [3.05, 3.63) is 59.4 Å². The summed E-state index contributed by atoms with van der Waals surface area (Å²) in [5, 5.41) is 2.59. The Hall–Kier alpha value is -2.89. The molecule has 1 atom stereocenters. The zero-order valence-electron chi connectivity index (χ0n) is 13.5. The Bertz CT molecular complexity index is 744. The van der Waals surface area contributed by atoms with Crippen molar-refractivity contribution >= 4 is 23.3 Å². The molecule has 0 heterocycles. The van der Waals surface area contributed by atoms with Crippen LogP contribution in [0.4, 0.5) is 15.8 Å². The monoisotopic (exact) mass is 330 g/mol. The first kappa shape index (κ1) is 17.5. The minimum absolute atomic E-state index is 0.283. The molecular weight excluding hydrogens is 311 g/mol. The van der Waals surface area contributed by atoms with Gasteiger partial charge in [-0.15, -0.1) is 0 Å². The number of ether oxygens (including phenoxy) is 1. The highest BCUT2D eigenvalue weighted by Gasteiger charge is 2.22. The Morgan fingerprint density at radius 3 is 2.46 bits per heavy atom. The molecule has 0 aliphatic rings. The van der Waals surface area contributed by atoms with E-state index in [0.29, 0.717) is 17.8 Å². The van der Waals surface area contributed by atoms with Crippen LogP contribution in [0.15, 0.2) is 42.5 Å². The Morgan fingerprint density at radius 1 is 1.21 bits per heavy atom. The molecule has 0 saturated carbocycles. The average molecular weight is 330 g/mol. The van der Waals surface area contributed by atoms with Crippen LogP contribution in [-0.2, 0) is 9.53 Å². The van der Waals surface area contributed by atoms with Gasteiger partial charge in [-0.25, -0.2) is 9.18 Å². The molecule has 0 unspecified atom stereocenters. The van der Waals surface area contributed by atoms with Gasteiger partial charge < -0.3 is 15.8 Å². The maximum atomic E-state index is 12.9. The lowest BCUT2D eigenvalue weighted by atomic mass is 10.1. The number of esters is 1. The van der Waals surface area contributed by atoms with Gasteiger partial charge in [0.05, 0.1) is 5.56 Å². The Morgan fingerprint density at radius 2 is 1.88 bits per heavy atom. The summed E-state index contributed by atoms with van der Waals surface area (Å²) in [7, 11) is 0. The highest BCUT2D eigenvalue weighted by atomic mass is 19.1. The molecule has 1 amide bonds. The molecule has 2 aromatic carbocycles.